The lowest BCUT2D eigenvalue weighted by atomic mass is 9.44. The zero-order chi connectivity index (χ0) is 15.8. The van der Waals surface area contributed by atoms with Gasteiger partial charge in [-0.1, -0.05) is 6.92 Å². The number of rotatable bonds is 2. The lowest BCUT2D eigenvalue weighted by molar-refractivity contribution is -0.234. The highest BCUT2D eigenvalue weighted by molar-refractivity contribution is 5.83. The maximum Gasteiger partial charge on any atom is 0.240 e. The zero-order valence-electron chi connectivity index (χ0n) is 13.4. The number of hydrogen-bond acceptors (Lipinski definition) is 4. The number of carbonyl (C=O) groups is 1. The molecule has 0 radical (unpaired) electrons. The molecule has 4 bridgehead atoms. The van der Waals surface area contributed by atoms with Gasteiger partial charge in [0, 0.05) is 24.9 Å². The first-order valence-electron chi connectivity index (χ1n) is 8.72. The highest BCUT2D eigenvalue weighted by Gasteiger charge is 2.65. The average Bonchev–Trinajstić information content (AvgIpc) is 2.79. The van der Waals surface area contributed by atoms with Gasteiger partial charge >= 0.3 is 0 Å². The van der Waals surface area contributed by atoms with Crippen molar-refractivity contribution in [2.45, 2.75) is 69.1 Å². The standard InChI is InChI=1S/C17H28N2O3/c1-11-2-3-19(7-11)14(20)13(18)15-4-12-5-16(21,8-15)10-17(22,6-12)9-15/h11-13,21-22H,2-10,18H2,1H3. The maximum absolute atomic E-state index is 12.9. The molecule has 0 aromatic rings. The fraction of sp³-hybridized carbons (Fsp3) is 0.941. The molecule has 4 atom stereocenters. The SMILES string of the molecule is CC1CCN(C(=O)C(N)C23CC4CC(O)(CC(O)(C4)C2)C3)C1. The Kier molecular flexibility index (Phi) is 3.02. The van der Waals surface area contributed by atoms with Crippen molar-refractivity contribution in [1.29, 1.82) is 0 Å². The predicted molar refractivity (Wildman–Crippen MR) is 81.9 cm³/mol. The predicted octanol–water partition coefficient (Wildman–Crippen LogP) is 0.628. The summed E-state index contributed by atoms with van der Waals surface area (Å²) in [6.45, 7) is 3.75. The summed E-state index contributed by atoms with van der Waals surface area (Å²) in [5, 5.41) is 21.7. The van der Waals surface area contributed by atoms with E-state index < -0.39 is 22.7 Å². The van der Waals surface area contributed by atoms with E-state index in [9.17, 15) is 15.0 Å². The van der Waals surface area contributed by atoms with Crippen LogP contribution in [0.2, 0.25) is 0 Å². The van der Waals surface area contributed by atoms with Crippen molar-refractivity contribution in [2.75, 3.05) is 13.1 Å². The second-order valence-corrected chi connectivity index (χ2v) is 8.98. The molecule has 0 aromatic carbocycles. The van der Waals surface area contributed by atoms with Crippen LogP contribution in [0.15, 0.2) is 0 Å². The Morgan fingerprint density at radius 1 is 1.18 bits per heavy atom. The van der Waals surface area contributed by atoms with Gasteiger partial charge in [0.25, 0.3) is 0 Å². The highest BCUT2D eigenvalue weighted by atomic mass is 16.3. The van der Waals surface area contributed by atoms with Gasteiger partial charge in [-0.3, -0.25) is 4.79 Å². The Morgan fingerprint density at radius 3 is 2.32 bits per heavy atom. The van der Waals surface area contributed by atoms with Crippen LogP contribution in [0.4, 0.5) is 0 Å². The highest BCUT2D eigenvalue weighted by Crippen LogP contribution is 2.64. The van der Waals surface area contributed by atoms with Crippen LogP contribution < -0.4 is 5.73 Å². The number of nitrogens with two attached hydrogens (primary N) is 1. The van der Waals surface area contributed by atoms with Gasteiger partial charge in [0.05, 0.1) is 17.2 Å². The molecule has 124 valence electrons. The molecule has 1 saturated heterocycles. The second-order valence-electron chi connectivity index (χ2n) is 8.98. The summed E-state index contributed by atoms with van der Waals surface area (Å²) in [5.41, 5.74) is 4.40. The minimum Gasteiger partial charge on any atom is -0.390 e. The third-order valence-electron chi connectivity index (χ3n) is 6.71. The van der Waals surface area contributed by atoms with Crippen molar-refractivity contribution < 1.29 is 15.0 Å². The Balaban J connectivity index is 1.60. The van der Waals surface area contributed by atoms with Gasteiger partial charge in [0.1, 0.15) is 0 Å². The van der Waals surface area contributed by atoms with E-state index in [1.54, 1.807) is 0 Å². The number of aliphatic hydroxyl groups is 2. The van der Waals surface area contributed by atoms with Crippen molar-refractivity contribution in [3.8, 4) is 0 Å². The molecular weight excluding hydrogens is 280 g/mol. The van der Waals surface area contributed by atoms with Crippen LogP contribution in [0.1, 0.15) is 51.9 Å². The summed E-state index contributed by atoms with van der Waals surface area (Å²) in [5.74, 6) is 0.877. The average molecular weight is 308 g/mol. The number of carbonyl (C=O) groups excluding carboxylic acids is 1. The summed E-state index contributed by atoms with van der Waals surface area (Å²) in [6.07, 6.45) is 5.07. The summed E-state index contributed by atoms with van der Waals surface area (Å²) in [4.78, 5) is 14.7. The van der Waals surface area contributed by atoms with Gasteiger partial charge in [-0.15, -0.1) is 0 Å². The van der Waals surface area contributed by atoms with E-state index in [1.165, 1.54) is 0 Å². The molecule has 4 aliphatic carbocycles. The van der Waals surface area contributed by atoms with Gasteiger partial charge in [-0.05, 0) is 50.4 Å². The molecule has 5 fully saturated rings. The number of amides is 1. The van der Waals surface area contributed by atoms with Crippen LogP contribution in [-0.2, 0) is 4.79 Å². The van der Waals surface area contributed by atoms with Crippen LogP contribution in [0.25, 0.3) is 0 Å². The summed E-state index contributed by atoms with van der Waals surface area (Å²) in [6, 6.07) is -0.584. The van der Waals surface area contributed by atoms with Crippen molar-refractivity contribution in [3.63, 3.8) is 0 Å². The molecule has 1 heterocycles. The smallest absolute Gasteiger partial charge is 0.240 e. The molecule has 1 aliphatic heterocycles. The first-order valence-corrected chi connectivity index (χ1v) is 8.72. The van der Waals surface area contributed by atoms with E-state index in [-0.39, 0.29) is 5.91 Å². The van der Waals surface area contributed by atoms with E-state index >= 15 is 0 Å². The van der Waals surface area contributed by atoms with E-state index in [2.05, 4.69) is 6.92 Å². The van der Waals surface area contributed by atoms with Crippen molar-refractivity contribution in [1.82, 2.24) is 4.90 Å². The molecule has 4 saturated carbocycles. The first kappa shape index (κ1) is 14.9. The summed E-state index contributed by atoms with van der Waals surface area (Å²) >= 11 is 0. The second kappa shape index (κ2) is 4.46. The molecule has 1 amide bonds. The van der Waals surface area contributed by atoms with E-state index in [4.69, 9.17) is 5.73 Å². The van der Waals surface area contributed by atoms with Gasteiger partial charge in [0.2, 0.25) is 5.91 Å². The lowest BCUT2D eigenvalue weighted by Gasteiger charge is -2.64. The number of hydrogen-bond donors (Lipinski definition) is 3. The van der Waals surface area contributed by atoms with Crippen molar-refractivity contribution in [3.05, 3.63) is 0 Å². The van der Waals surface area contributed by atoms with Gasteiger partial charge in [0.15, 0.2) is 0 Å². The molecule has 22 heavy (non-hydrogen) atoms. The fourth-order valence-electron chi connectivity index (χ4n) is 6.35. The Morgan fingerprint density at radius 2 is 1.82 bits per heavy atom. The van der Waals surface area contributed by atoms with Crippen molar-refractivity contribution >= 4 is 5.91 Å². The van der Waals surface area contributed by atoms with E-state index in [0.717, 1.165) is 38.8 Å². The number of likely N-dealkylation sites (tertiary alicyclic amines) is 1. The van der Waals surface area contributed by atoms with Crippen LogP contribution in [0.3, 0.4) is 0 Å². The first-order chi connectivity index (χ1) is 10.2. The van der Waals surface area contributed by atoms with E-state index in [0.29, 0.717) is 31.1 Å². The third-order valence-corrected chi connectivity index (χ3v) is 6.71. The normalized spacial score (nSPS) is 51.4. The van der Waals surface area contributed by atoms with Crippen LogP contribution in [0.5, 0.6) is 0 Å². The molecule has 0 spiro atoms. The third kappa shape index (κ3) is 2.13. The molecule has 5 rings (SSSR count). The van der Waals surface area contributed by atoms with Crippen LogP contribution in [0, 0.1) is 17.3 Å². The van der Waals surface area contributed by atoms with Gasteiger partial charge in [-0.25, -0.2) is 0 Å². The van der Waals surface area contributed by atoms with Crippen molar-refractivity contribution in [2.24, 2.45) is 23.0 Å². The summed E-state index contributed by atoms with van der Waals surface area (Å²) < 4.78 is 0. The van der Waals surface area contributed by atoms with Gasteiger partial charge < -0.3 is 20.8 Å². The minimum atomic E-state index is -0.815. The van der Waals surface area contributed by atoms with Crippen LogP contribution >= 0.6 is 0 Å². The molecule has 5 nitrogen and oxygen atoms in total. The molecular formula is C17H28N2O3. The molecule has 0 aromatic heterocycles. The molecule has 4 unspecified atom stereocenters. The van der Waals surface area contributed by atoms with Crippen LogP contribution in [-0.4, -0.2) is 51.4 Å². The fourth-order valence-corrected chi connectivity index (χ4v) is 6.35. The number of nitrogens with zero attached hydrogens (tertiary/aromatic N) is 1. The molecule has 5 heteroatoms. The zero-order valence-corrected chi connectivity index (χ0v) is 13.4. The Bertz CT molecular complexity index is 490. The lowest BCUT2D eigenvalue weighted by Crippen LogP contribution is -2.69. The maximum atomic E-state index is 12.9. The topological polar surface area (TPSA) is 86.8 Å². The quantitative estimate of drug-likeness (QED) is 0.698. The molecule has 5 aliphatic rings. The summed E-state index contributed by atoms with van der Waals surface area (Å²) in [7, 11) is 0. The largest absolute Gasteiger partial charge is 0.390 e. The monoisotopic (exact) mass is 308 g/mol. The minimum absolute atomic E-state index is 0.0264. The Hall–Kier alpha value is -0.650. The Labute approximate surface area is 131 Å². The van der Waals surface area contributed by atoms with E-state index in [1.807, 2.05) is 4.90 Å². The molecule has 4 N–H and O–H groups in total. The van der Waals surface area contributed by atoms with Gasteiger partial charge in [-0.2, -0.15) is 0 Å².